The Hall–Kier alpha value is -0.770. The summed E-state index contributed by atoms with van der Waals surface area (Å²) < 4.78 is 4.99. The van der Waals surface area contributed by atoms with Crippen LogP contribution in [0.25, 0.3) is 0 Å². The SMILES string of the molecule is CCOC(=O)NC1CC(C(C)C)CN(CC(C)C)C1. The van der Waals surface area contributed by atoms with Gasteiger partial charge < -0.3 is 15.0 Å². The molecule has 0 aromatic heterocycles. The molecule has 1 fully saturated rings. The van der Waals surface area contributed by atoms with Crippen molar-refractivity contribution in [2.45, 2.75) is 47.1 Å². The van der Waals surface area contributed by atoms with Crippen molar-refractivity contribution < 1.29 is 9.53 Å². The first-order chi connectivity index (χ1) is 8.92. The van der Waals surface area contributed by atoms with Crippen LogP contribution in [-0.2, 0) is 4.74 Å². The zero-order valence-corrected chi connectivity index (χ0v) is 13.1. The minimum Gasteiger partial charge on any atom is -0.450 e. The summed E-state index contributed by atoms with van der Waals surface area (Å²) in [6, 6.07) is 0.221. The van der Waals surface area contributed by atoms with E-state index in [2.05, 4.69) is 37.9 Å². The molecule has 2 atom stereocenters. The number of amides is 1. The average molecular weight is 270 g/mol. The summed E-state index contributed by atoms with van der Waals surface area (Å²) in [5.41, 5.74) is 0. The number of hydrogen-bond donors (Lipinski definition) is 1. The summed E-state index contributed by atoms with van der Waals surface area (Å²) in [5.74, 6) is 1.97. The Balaban J connectivity index is 2.56. The third-order valence-corrected chi connectivity index (χ3v) is 3.72. The van der Waals surface area contributed by atoms with E-state index in [-0.39, 0.29) is 12.1 Å². The Morgan fingerprint density at radius 2 is 2.00 bits per heavy atom. The maximum atomic E-state index is 11.6. The summed E-state index contributed by atoms with van der Waals surface area (Å²) in [4.78, 5) is 14.0. The van der Waals surface area contributed by atoms with E-state index < -0.39 is 0 Å². The van der Waals surface area contributed by atoms with Crippen LogP contribution >= 0.6 is 0 Å². The fourth-order valence-corrected chi connectivity index (χ4v) is 2.82. The molecule has 112 valence electrons. The number of hydrogen-bond acceptors (Lipinski definition) is 3. The van der Waals surface area contributed by atoms with Gasteiger partial charge in [0.1, 0.15) is 0 Å². The minimum atomic E-state index is -0.276. The number of carbonyl (C=O) groups is 1. The van der Waals surface area contributed by atoms with Gasteiger partial charge in [0.05, 0.1) is 6.61 Å². The molecule has 1 rings (SSSR count). The van der Waals surface area contributed by atoms with Crippen molar-refractivity contribution >= 4 is 6.09 Å². The van der Waals surface area contributed by atoms with Gasteiger partial charge in [-0.2, -0.15) is 0 Å². The molecule has 1 saturated heterocycles. The molecule has 4 nitrogen and oxygen atoms in total. The molecule has 1 N–H and O–H groups in total. The molecule has 2 unspecified atom stereocenters. The summed E-state index contributed by atoms with van der Waals surface area (Å²) in [5, 5.41) is 3.01. The van der Waals surface area contributed by atoms with Gasteiger partial charge in [-0.1, -0.05) is 27.7 Å². The Morgan fingerprint density at radius 3 is 2.53 bits per heavy atom. The van der Waals surface area contributed by atoms with Crippen LogP contribution in [0.4, 0.5) is 4.79 Å². The Kier molecular flexibility index (Phi) is 6.63. The molecule has 0 aromatic rings. The second kappa shape index (κ2) is 7.73. The zero-order chi connectivity index (χ0) is 14.4. The standard InChI is InChI=1S/C15H30N2O2/c1-6-19-15(18)16-14-7-13(12(4)5)9-17(10-14)8-11(2)3/h11-14H,6-10H2,1-5H3,(H,16,18). The van der Waals surface area contributed by atoms with Gasteiger partial charge in [-0.3, -0.25) is 0 Å². The summed E-state index contributed by atoms with van der Waals surface area (Å²) in [6.45, 7) is 14.5. The molecule has 19 heavy (non-hydrogen) atoms. The van der Waals surface area contributed by atoms with Crippen LogP contribution in [0.3, 0.4) is 0 Å². The third kappa shape index (κ3) is 5.81. The van der Waals surface area contributed by atoms with Crippen LogP contribution in [0.1, 0.15) is 41.0 Å². The average Bonchev–Trinajstić information content (AvgIpc) is 2.27. The number of nitrogens with one attached hydrogen (secondary N) is 1. The monoisotopic (exact) mass is 270 g/mol. The van der Waals surface area contributed by atoms with E-state index >= 15 is 0 Å². The van der Waals surface area contributed by atoms with E-state index in [4.69, 9.17) is 4.74 Å². The van der Waals surface area contributed by atoms with Crippen molar-refractivity contribution in [2.75, 3.05) is 26.2 Å². The van der Waals surface area contributed by atoms with Gasteiger partial charge in [0.15, 0.2) is 0 Å². The quantitative estimate of drug-likeness (QED) is 0.835. The number of alkyl carbamates (subject to hydrolysis) is 1. The van der Waals surface area contributed by atoms with Gasteiger partial charge >= 0.3 is 6.09 Å². The highest BCUT2D eigenvalue weighted by atomic mass is 16.5. The van der Waals surface area contributed by atoms with Gasteiger partial charge in [0, 0.05) is 25.7 Å². The predicted octanol–water partition coefficient (Wildman–Crippen LogP) is 2.74. The van der Waals surface area contributed by atoms with Crippen molar-refractivity contribution in [1.29, 1.82) is 0 Å². The van der Waals surface area contributed by atoms with Crippen molar-refractivity contribution in [2.24, 2.45) is 17.8 Å². The van der Waals surface area contributed by atoms with E-state index in [1.807, 2.05) is 6.92 Å². The first-order valence-electron chi connectivity index (χ1n) is 7.58. The molecular weight excluding hydrogens is 240 g/mol. The zero-order valence-electron chi connectivity index (χ0n) is 13.1. The highest BCUT2D eigenvalue weighted by Crippen LogP contribution is 2.24. The van der Waals surface area contributed by atoms with Crippen LogP contribution in [0.15, 0.2) is 0 Å². The fraction of sp³-hybridized carbons (Fsp3) is 0.933. The van der Waals surface area contributed by atoms with E-state index in [1.54, 1.807) is 0 Å². The molecule has 4 heteroatoms. The van der Waals surface area contributed by atoms with Crippen molar-refractivity contribution in [3.63, 3.8) is 0 Å². The van der Waals surface area contributed by atoms with Crippen LogP contribution in [-0.4, -0.2) is 43.3 Å². The summed E-state index contributed by atoms with van der Waals surface area (Å²) >= 11 is 0. The molecule has 1 aliphatic rings. The van der Waals surface area contributed by atoms with Crippen LogP contribution in [0, 0.1) is 17.8 Å². The van der Waals surface area contributed by atoms with Gasteiger partial charge in [0.2, 0.25) is 0 Å². The molecule has 1 aliphatic heterocycles. The fourth-order valence-electron chi connectivity index (χ4n) is 2.82. The molecule has 1 amide bonds. The lowest BCUT2D eigenvalue weighted by Crippen LogP contribution is -2.52. The minimum absolute atomic E-state index is 0.221. The lowest BCUT2D eigenvalue weighted by Gasteiger charge is -2.40. The van der Waals surface area contributed by atoms with E-state index in [0.29, 0.717) is 24.4 Å². The molecule has 0 saturated carbocycles. The van der Waals surface area contributed by atoms with Gasteiger partial charge in [-0.05, 0) is 31.1 Å². The molecule has 0 radical (unpaired) electrons. The van der Waals surface area contributed by atoms with Gasteiger partial charge in [0.25, 0.3) is 0 Å². The third-order valence-electron chi connectivity index (χ3n) is 3.72. The maximum absolute atomic E-state index is 11.6. The largest absolute Gasteiger partial charge is 0.450 e. The smallest absolute Gasteiger partial charge is 0.407 e. The predicted molar refractivity (Wildman–Crippen MR) is 78.2 cm³/mol. The van der Waals surface area contributed by atoms with Gasteiger partial charge in [-0.15, -0.1) is 0 Å². The number of rotatable bonds is 5. The normalized spacial score (nSPS) is 24.8. The Labute approximate surface area is 117 Å². The lowest BCUT2D eigenvalue weighted by atomic mass is 9.85. The van der Waals surface area contributed by atoms with Crippen LogP contribution < -0.4 is 5.32 Å². The number of ether oxygens (including phenoxy) is 1. The molecule has 0 bridgehead atoms. The molecule has 0 aliphatic carbocycles. The second-order valence-electron chi connectivity index (χ2n) is 6.41. The van der Waals surface area contributed by atoms with E-state index in [1.165, 1.54) is 0 Å². The molecule has 0 aromatic carbocycles. The topological polar surface area (TPSA) is 41.6 Å². The number of carbonyl (C=O) groups excluding carboxylic acids is 1. The summed E-state index contributed by atoms with van der Waals surface area (Å²) in [7, 11) is 0. The number of nitrogens with zero attached hydrogens (tertiary/aromatic N) is 1. The van der Waals surface area contributed by atoms with E-state index in [0.717, 1.165) is 26.1 Å². The number of piperidine rings is 1. The van der Waals surface area contributed by atoms with Crippen LogP contribution in [0.5, 0.6) is 0 Å². The van der Waals surface area contributed by atoms with Crippen molar-refractivity contribution in [3.8, 4) is 0 Å². The maximum Gasteiger partial charge on any atom is 0.407 e. The van der Waals surface area contributed by atoms with Crippen molar-refractivity contribution in [3.05, 3.63) is 0 Å². The van der Waals surface area contributed by atoms with Gasteiger partial charge in [-0.25, -0.2) is 4.79 Å². The summed E-state index contributed by atoms with van der Waals surface area (Å²) in [6.07, 6.45) is 0.784. The Morgan fingerprint density at radius 1 is 1.32 bits per heavy atom. The van der Waals surface area contributed by atoms with E-state index in [9.17, 15) is 4.79 Å². The second-order valence-corrected chi connectivity index (χ2v) is 6.41. The molecule has 1 heterocycles. The number of likely N-dealkylation sites (tertiary alicyclic amines) is 1. The molecule has 0 spiro atoms. The first kappa shape index (κ1) is 16.3. The highest BCUT2D eigenvalue weighted by molar-refractivity contribution is 5.67. The first-order valence-corrected chi connectivity index (χ1v) is 7.58. The lowest BCUT2D eigenvalue weighted by molar-refractivity contribution is 0.0950. The highest BCUT2D eigenvalue weighted by Gasteiger charge is 2.30. The van der Waals surface area contributed by atoms with Crippen molar-refractivity contribution in [1.82, 2.24) is 10.2 Å². The van der Waals surface area contributed by atoms with Crippen LogP contribution in [0.2, 0.25) is 0 Å². The molecular formula is C15H30N2O2. The Bertz CT molecular complexity index is 279.